The number of nitrogens with two attached hydrogens (primary N) is 1. The van der Waals surface area contributed by atoms with Gasteiger partial charge in [0.15, 0.2) is 5.78 Å². The highest BCUT2D eigenvalue weighted by Crippen LogP contribution is 1.88. The van der Waals surface area contributed by atoms with Crippen LogP contribution in [0.1, 0.15) is 13.3 Å². The quantitative estimate of drug-likeness (QED) is 0.433. The minimum Gasteiger partial charge on any atom is -0.477 e. The molecule has 4 N–H and O–H groups in total. The van der Waals surface area contributed by atoms with Crippen molar-refractivity contribution >= 4 is 23.6 Å². The Morgan fingerprint density at radius 2 is 1.82 bits per heavy atom. The summed E-state index contributed by atoms with van der Waals surface area (Å²) in [6, 6.07) is 0. The van der Waals surface area contributed by atoms with E-state index < -0.39 is 11.7 Å². The van der Waals surface area contributed by atoms with E-state index in [0.717, 1.165) is 6.08 Å². The van der Waals surface area contributed by atoms with Gasteiger partial charge in [-0.15, -0.1) is 0 Å². The Kier molecular flexibility index (Phi) is 5.94. The second kappa shape index (κ2) is 6.94. The van der Waals surface area contributed by atoms with Crippen LogP contribution in [0.5, 0.6) is 0 Å². The number of hydrogen-bond donors (Lipinski definition) is 3. The first-order valence-electron chi connectivity index (χ1n) is 4.63. The molecule has 0 aliphatic carbocycles. The van der Waals surface area contributed by atoms with Gasteiger partial charge in [-0.2, -0.15) is 0 Å². The van der Waals surface area contributed by atoms with Gasteiger partial charge in [-0.1, -0.05) is 6.92 Å². The normalized spacial score (nSPS) is 13.8. The molecular weight excluding hydrogens is 228 g/mol. The summed E-state index contributed by atoms with van der Waals surface area (Å²) in [5, 5.41) is 10.2. The lowest BCUT2D eigenvalue weighted by Crippen LogP contribution is -2.19. The van der Waals surface area contributed by atoms with Gasteiger partial charge >= 0.3 is 5.97 Å². The number of allylic oxidation sites excluding steroid dienone is 1. The van der Waals surface area contributed by atoms with Crippen LogP contribution < -0.4 is 11.1 Å². The zero-order chi connectivity index (χ0) is 13.4. The van der Waals surface area contributed by atoms with Crippen molar-refractivity contribution in [2.24, 2.45) is 5.73 Å². The largest absolute Gasteiger partial charge is 0.477 e. The SMILES string of the molecule is CCC(=O)C=C(N)C(=O)O.O=C1C=CC(=O)N1. The molecule has 17 heavy (non-hydrogen) atoms. The van der Waals surface area contributed by atoms with E-state index in [4.69, 9.17) is 10.8 Å². The Morgan fingerprint density at radius 1 is 1.35 bits per heavy atom. The Hall–Kier alpha value is -2.44. The van der Waals surface area contributed by atoms with Gasteiger partial charge in [0.05, 0.1) is 0 Å². The molecule has 0 spiro atoms. The van der Waals surface area contributed by atoms with Crippen molar-refractivity contribution in [1.29, 1.82) is 0 Å². The maximum atomic E-state index is 10.5. The van der Waals surface area contributed by atoms with Crippen molar-refractivity contribution in [1.82, 2.24) is 5.32 Å². The first kappa shape index (κ1) is 14.6. The van der Waals surface area contributed by atoms with Gasteiger partial charge in [-0.3, -0.25) is 19.7 Å². The van der Waals surface area contributed by atoms with E-state index in [2.05, 4.69) is 0 Å². The molecule has 0 saturated carbocycles. The molecule has 2 amide bonds. The van der Waals surface area contributed by atoms with Crippen LogP contribution in [0.25, 0.3) is 0 Å². The van der Waals surface area contributed by atoms with Gasteiger partial charge in [0.1, 0.15) is 5.70 Å². The molecule has 7 nitrogen and oxygen atoms in total. The van der Waals surface area contributed by atoms with E-state index in [0.29, 0.717) is 0 Å². The van der Waals surface area contributed by atoms with Gasteiger partial charge in [0.2, 0.25) is 0 Å². The highest BCUT2D eigenvalue weighted by atomic mass is 16.4. The second-order valence-electron chi connectivity index (χ2n) is 2.91. The molecule has 7 heteroatoms. The summed E-state index contributed by atoms with van der Waals surface area (Å²) in [5.74, 6) is -2.20. The van der Waals surface area contributed by atoms with Crippen molar-refractivity contribution in [3.8, 4) is 0 Å². The van der Waals surface area contributed by atoms with Crippen LogP contribution in [0.2, 0.25) is 0 Å². The first-order valence-corrected chi connectivity index (χ1v) is 4.63. The van der Waals surface area contributed by atoms with Crippen LogP contribution in [0.15, 0.2) is 23.9 Å². The molecule has 0 aromatic rings. The number of carboxylic acid groups (broad SMARTS) is 1. The zero-order valence-electron chi connectivity index (χ0n) is 9.10. The minimum atomic E-state index is -1.26. The van der Waals surface area contributed by atoms with Crippen LogP contribution in [-0.4, -0.2) is 28.7 Å². The van der Waals surface area contributed by atoms with Crippen LogP contribution in [0.3, 0.4) is 0 Å². The predicted molar refractivity (Wildman–Crippen MR) is 57.5 cm³/mol. The molecule has 1 heterocycles. The molecule has 1 aliphatic rings. The van der Waals surface area contributed by atoms with Gasteiger partial charge in [0, 0.05) is 24.6 Å². The fourth-order valence-electron chi connectivity index (χ4n) is 0.693. The molecule has 0 aromatic heterocycles. The van der Waals surface area contributed by atoms with Crippen LogP contribution in [0.4, 0.5) is 0 Å². The number of hydrogen-bond acceptors (Lipinski definition) is 5. The standard InChI is InChI=1S/C6H9NO3.C4H3NO2/c1-2-4(8)3-5(7)6(9)10;6-3-1-2-4(7)5-3/h3H,2,7H2,1H3,(H,9,10);1-2H,(H,5,6,7). The number of nitrogens with one attached hydrogen (secondary N) is 1. The van der Waals surface area contributed by atoms with E-state index >= 15 is 0 Å². The van der Waals surface area contributed by atoms with Crippen molar-refractivity contribution in [2.75, 3.05) is 0 Å². The predicted octanol–water partition coefficient (Wildman–Crippen LogP) is -0.908. The molecule has 0 radical (unpaired) electrons. The third-order valence-electron chi connectivity index (χ3n) is 1.54. The highest BCUT2D eigenvalue weighted by molar-refractivity contribution is 6.12. The monoisotopic (exact) mass is 240 g/mol. The third kappa shape index (κ3) is 6.61. The Morgan fingerprint density at radius 3 is 2.06 bits per heavy atom. The summed E-state index contributed by atoms with van der Waals surface area (Å²) < 4.78 is 0. The van der Waals surface area contributed by atoms with Crippen molar-refractivity contribution in [2.45, 2.75) is 13.3 Å². The number of amides is 2. The maximum Gasteiger partial charge on any atom is 0.351 e. The Labute approximate surface area is 97.0 Å². The number of aliphatic carboxylic acids is 1. The van der Waals surface area contributed by atoms with E-state index in [-0.39, 0.29) is 24.0 Å². The summed E-state index contributed by atoms with van der Waals surface area (Å²) in [7, 11) is 0. The molecular formula is C10H12N2O5. The van der Waals surface area contributed by atoms with Gasteiger partial charge < -0.3 is 10.8 Å². The van der Waals surface area contributed by atoms with Crippen molar-refractivity contribution in [3.05, 3.63) is 23.9 Å². The van der Waals surface area contributed by atoms with Gasteiger partial charge in [-0.05, 0) is 0 Å². The van der Waals surface area contributed by atoms with Gasteiger partial charge in [-0.25, -0.2) is 4.79 Å². The smallest absolute Gasteiger partial charge is 0.351 e. The number of imide groups is 1. The minimum absolute atomic E-state index is 0.272. The van der Waals surface area contributed by atoms with Crippen LogP contribution in [0, 0.1) is 0 Å². The Balaban J connectivity index is 0.000000318. The van der Waals surface area contributed by atoms with Crippen LogP contribution in [-0.2, 0) is 19.2 Å². The molecule has 1 rings (SSSR count). The molecule has 92 valence electrons. The molecule has 0 bridgehead atoms. The maximum absolute atomic E-state index is 10.5. The number of ketones is 1. The fourth-order valence-corrected chi connectivity index (χ4v) is 0.693. The van der Waals surface area contributed by atoms with E-state index in [1.807, 2.05) is 5.32 Å². The Bertz CT molecular complexity index is 393. The second-order valence-corrected chi connectivity index (χ2v) is 2.91. The van der Waals surface area contributed by atoms with Crippen molar-refractivity contribution < 1.29 is 24.3 Å². The first-order chi connectivity index (χ1) is 7.86. The van der Waals surface area contributed by atoms with Gasteiger partial charge in [0.25, 0.3) is 11.8 Å². The number of carbonyl (C=O) groups excluding carboxylic acids is 3. The number of rotatable bonds is 3. The van der Waals surface area contributed by atoms with E-state index in [1.54, 1.807) is 6.92 Å². The lowest BCUT2D eigenvalue weighted by molar-refractivity contribution is -0.133. The molecule has 1 aliphatic heterocycles. The summed E-state index contributed by atoms with van der Waals surface area (Å²) >= 11 is 0. The average molecular weight is 240 g/mol. The number of carbonyl (C=O) groups is 4. The topological polar surface area (TPSA) is 127 Å². The van der Waals surface area contributed by atoms with Crippen molar-refractivity contribution in [3.63, 3.8) is 0 Å². The highest BCUT2D eigenvalue weighted by Gasteiger charge is 2.06. The molecule has 0 atom stereocenters. The molecule has 0 aromatic carbocycles. The number of carboxylic acids is 1. The molecule has 0 saturated heterocycles. The lowest BCUT2D eigenvalue weighted by atomic mass is 10.2. The fraction of sp³-hybridized carbons (Fsp3) is 0.200. The zero-order valence-corrected chi connectivity index (χ0v) is 9.10. The summed E-state index contributed by atoms with van der Waals surface area (Å²) in [5.41, 5.74) is 4.52. The lowest BCUT2D eigenvalue weighted by Gasteiger charge is -1.90. The summed E-state index contributed by atoms with van der Waals surface area (Å²) in [6.07, 6.45) is 3.58. The van der Waals surface area contributed by atoms with Crippen LogP contribution >= 0.6 is 0 Å². The summed E-state index contributed by atoms with van der Waals surface area (Å²) in [6.45, 7) is 1.63. The van der Waals surface area contributed by atoms with E-state index in [9.17, 15) is 19.2 Å². The average Bonchev–Trinajstić information content (AvgIpc) is 2.63. The van der Waals surface area contributed by atoms with E-state index in [1.165, 1.54) is 12.2 Å². The summed E-state index contributed by atoms with van der Waals surface area (Å²) in [4.78, 5) is 40.6. The third-order valence-corrected chi connectivity index (χ3v) is 1.54. The molecule has 0 unspecified atom stereocenters. The molecule has 0 fully saturated rings.